The van der Waals surface area contributed by atoms with Crippen molar-refractivity contribution in [3.8, 4) is 0 Å². The standard InChI is InChI=1S/C6H10O5.C3H6O3/c1-3(7)5(9)11-6(10)4(2)8;1-2(4)3(5)6/h3-4,7-8H,1-2H3;2,4H,1H3,(H,5,6). The quantitative estimate of drug-likeness (QED) is 0.343. The van der Waals surface area contributed by atoms with Gasteiger partial charge in [0.15, 0.2) is 0 Å². The fraction of sp³-hybridized carbons (Fsp3) is 0.667. The van der Waals surface area contributed by atoms with Crippen molar-refractivity contribution in [3.63, 3.8) is 0 Å². The average molecular weight is 252 g/mol. The molecule has 0 aliphatic rings. The Morgan fingerprint density at radius 3 is 1.18 bits per heavy atom. The second kappa shape index (κ2) is 8.62. The molecule has 17 heavy (non-hydrogen) atoms. The topological polar surface area (TPSA) is 141 Å². The monoisotopic (exact) mass is 252 g/mol. The van der Waals surface area contributed by atoms with Gasteiger partial charge < -0.3 is 25.2 Å². The zero-order valence-corrected chi connectivity index (χ0v) is 9.65. The first-order chi connectivity index (χ1) is 7.59. The largest absolute Gasteiger partial charge is 0.479 e. The van der Waals surface area contributed by atoms with E-state index < -0.39 is 36.2 Å². The van der Waals surface area contributed by atoms with E-state index >= 15 is 0 Å². The molecule has 0 aliphatic heterocycles. The lowest BCUT2D eigenvalue weighted by molar-refractivity contribution is -0.170. The molecule has 0 spiro atoms. The first-order valence-electron chi connectivity index (χ1n) is 4.62. The fourth-order valence-corrected chi connectivity index (χ4v) is 0.270. The van der Waals surface area contributed by atoms with Crippen LogP contribution in [0, 0.1) is 0 Å². The van der Waals surface area contributed by atoms with E-state index in [-0.39, 0.29) is 0 Å². The summed E-state index contributed by atoms with van der Waals surface area (Å²) in [5.74, 6) is -3.30. The zero-order valence-electron chi connectivity index (χ0n) is 9.65. The number of carboxylic acids is 1. The van der Waals surface area contributed by atoms with Crippen LogP contribution in [-0.4, -0.2) is 56.6 Å². The first-order valence-corrected chi connectivity index (χ1v) is 4.62. The van der Waals surface area contributed by atoms with Gasteiger partial charge in [-0.15, -0.1) is 0 Å². The summed E-state index contributed by atoms with van der Waals surface area (Å²) in [5, 5.41) is 32.9. The molecule has 0 bridgehead atoms. The molecule has 0 rings (SSSR count). The molecule has 0 aromatic carbocycles. The third-order valence-corrected chi connectivity index (χ3v) is 1.24. The second-order valence-electron chi connectivity index (χ2n) is 3.11. The van der Waals surface area contributed by atoms with Crippen molar-refractivity contribution >= 4 is 17.9 Å². The normalized spacial score (nSPS) is 14.7. The summed E-state index contributed by atoms with van der Waals surface area (Å²) in [6.45, 7) is 3.53. The Bertz CT molecular complexity index is 250. The molecule has 3 atom stereocenters. The molecule has 0 saturated carbocycles. The second-order valence-corrected chi connectivity index (χ2v) is 3.11. The summed E-state index contributed by atoms with van der Waals surface area (Å²) in [6.07, 6.45) is -3.93. The number of esters is 2. The van der Waals surface area contributed by atoms with Gasteiger partial charge in [0.1, 0.15) is 18.3 Å². The number of hydrogen-bond acceptors (Lipinski definition) is 7. The highest BCUT2D eigenvalue weighted by Crippen LogP contribution is 1.91. The van der Waals surface area contributed by atoms with E-state index in [1.54, 1.807) is 0 Å². The van der Waals surface area contributed by atoms with Gasteiger partial charge in [-0.3, -0.25) is 0 Å². The summed E-state index contributed by atoms with van der Waals surface area (Å²) >= 11 is 0. The van der Waals surface area contributed by atoms with Crippen LogP contribution >= 0.6 is 0 Å². The molecule has 0 fully saturated rings. The summed E-state index contributed by atoms with van der Waals surface area (Å²) in [4.78, 5) is 30.4. The summed E-state index contributed by atoms with van der Waals surface area (Å²) in [7, 11) is 0. The van der Waals surface area contributed by atoms with Crippen molar-refractivity contribution in [1.82, 2.24) is 0 Å². The lowest BCUT2D eigenvalue weighted by atomic mass is 10.4. The van der Waals surface area contributed by atoms with Gasteiger partial charge >= 0.3 is 17.9 Å². The number of carbonyl (C=O) groups is 3. The van der Waals surface area contributed by atoms with Crippen LogP contribution in [0.25, 0.3) is 0 Å². The number of ether oxygens (including phenoxy) is 1. The molecule has 0 aromatic heterocycles. The Balaban J connectivity index is 0. The van der Waals surface area contributed by atoms with Gasteiger partial charge in [0.2, 0.25) is 0 Å². The molecule has 8 heteroatoms. The van der Waals surface area contributed by atoms with Crippen molar-refractivity contribution in [1.29, 1.82) is 0 Å². The molecule has 0 aliphatic carbocycles. The van der Waals surface area contributed by atoms with Crippen LogP contribution in [0.4, 0.5) is 0 Å². The van der Waals surface area contributed by atoms with E-state index in [0.29, 0.717) is 0 Å². The number of aliphatic hydroxyl groups is 3. The number of aliphatic carboxylic acids is 1. The Morgan fingerprint density at radius 2 is 1.06 bits per heavy atom. The van der Waals surface area contributed by atoms with Gasteiger partial charge in [-0.1, -0.05) is 0 Å². The maximum absolute atomic E-state index is 10.5. The number of rotatable bonds is 3. The van der Waals surface area contributed by atoms with Gasteiger partial charge in [-0.2, -0.15) is 0 Å². The molecule has 0 aromatic rings. The Labute approximate surface area is 97.4 Å². The van der Waals surface area contributed by atoms with Gasteiger partial charge in [-0.05, 0) is 20.8 Å². The number of carboxylic acid groups (broad SMARTS) is 1. The van der Waals surface area contributed by atoms with E-state index in [1.165, 1.54) is 6.92 Å². The lowest BCUT2D eigenvalue weighted by Crippen LogP contribution is -2.28. The lowest BCUT2D eigenvalue weighted by Gasteiger charge is -2.05. The molecule has 0 saturated heterocycles. The van der Waals surface area contributed by atoms with Crippen LogP contribution in [0.15, 0.2) is 0 Å². The van der Waals surface area contributed by atoms with Crippen LogP contribution in [0.1, 0.15) is 20.8 Å². The van der Waals surface area contributed by atoms with E-state index in [9.17, 15) is 14.4 Å². The van der Waals surface area contributed by atoms with Gasteiger partial charge in [0.05, 0.1) is 0 Å². The highest BCUT2D eigenvalue weighted by atomic mass is 16.6. The minimum absolute atomic E-state index is 1.06. The first kappa shape index (κ1) is 17.9. The van der Waals surface area contributed by atoms with Crippen LogP contribution in [-0.2, 0) is 19.1 Å². The molecule has 0 radical (unpaired) electrons. The Hall–Kier alpha value is -1.51. The molecular formula is C9H16O8. The Kier molecular flexibility index (Phi) is 9.06. The van der Waals surface area contributed by atoms with Crippen molar-refractivity contribution in [2.45, 2.75) is 39.1 Å². The predicted molar refractivity (Wildman–Crippen MR) is 53.8 cm³/mol. The third kappa shape index (κ3) is 10.8. The van der Waals surface area contributed by atoms with Gasteiger partial charge in [0, 0.05) is 0 Å². The molecule has 3 unspecified atom stereocenters. The molecule has 0 amide bonds. The highest BCUT2D eigenvalue weighted by molar-refractivity contribution is 5.89. The minimum Gasteiger partial charge on any atom is -0.479 e. The number of hydrogen-bond donors (Lipinski definition) is 4. The van der Waals surface area contributed by atoms with Crippen molar-refractivity contribution in [3.05, 3.63) is 0 Å². The van der Waals surface area contributed by atoms with Crippen molar-refractivity contribution < 1.29 is 39.5 Å². The van der Waals surface area contributed by atoms with Crippen molar-refractivity contribution in [2.75, 3.05) is 0 Å². The number of aliphatic hydroxyl groups excluding tert-OH is 3. The third-order valence-electron chi connectivity index (χ3n) is 1.24. The highest BCUT2D eigenvalue weighted by Gasteiger charge is 2.18. The van der Waals surface area contributed by atoms with Crippen LogP contribution < -0.4 is 0 Å². The van der Waals surface area contributed by atoms with Crippen LogP contribution in [0.5, 0.6) is 0 Å². The van der Waals surface area contributed by atoms with Gasteiger partial charge in [-0.25, -0.2) is 14.4 Å². The van der Waals surface area contributed by atoms with E-state index in [1.807, 2.05) is 0 Å². The number of carbonyl (C=O) groups excluding carboxylic acids is 2. The summed E-state index contributed by atoms with van der Waals surface area (Å²) in [6, 6.07) is 0. The minimum atomic E-state index is -1.35. The fourth-order valence-electron chi connectivity index (χ4n) is 0.270. The zero-order chi connectivity index (χ0) is 14.2. The molecule has 100 valence electrons. The van der Waals surface area contributed by atoms with E-state index in [2.05, 4.69) is 4.74 Å². The average Bonchev–Trinajstić information content (AvgIpc) is 2.17. The molecule has 8 nitrogen and oxygen atoms in total. The smallest absolute Gasteiger partial charge is 0.342 e. The van der Waals surface area contributed by atoms with Crippen LogP contribution in [0.2, 0.25) is 0 Å². The van der Waals surface area contributed by atoms with E-state index in [0.717, 1.165) is 13.8 Å². The van der Waals surface area contributed by atoms with Crippen molar-refractivity contribution in [2.24, 2.45) is 0 Å². The maximum Gasteiger partial charge on any atom is 0.342 e. The SMILES string of the molecule is CC(O)C(=O)O.CC(O)C(=O)OC(=O)C(C)O. The molecule has 0 heterocycles. The van der Waals surface area contributed by atoms with Gasteiger partial charge in [0.25, 0.3) is 0 Å². The predicted octanol–water partition coefficient (Wildman–Crippen LogP) is -1.73. The summed E-state index contributed by atoms with van der Waals surface area (Å²) in [5.41, 5.74) is 0. The van der Waals surface area contributed by atoms with Crippen LogP contribution in [0.3, 0.4) is 0 Å². The Morgan fingerprint density at radius 1 is 0.824 bits per heavy atom. The maximum atomic E-state index is 10.5. The van der Waals surface area contributed by atoms with E-state index in [4.69, 9.17) is 20.4 Å². The summed E-state index contributed by atoms with van der Waals surface area (Å²) < 4.78 is 4.00. The molecule has 4 N–H and O–H groups in total. The molecular weight excluding hydrogens is 236 g/mol.